The van der Waals surface area contributed by atoms with Crippen molar-refractivity contribution in [3.63, 3.8) is 0 Å². The van der Waals surface area contributed by atoms with Gasteiger partial charge in [-0.2, -0.15) is 5.10 Å². The maximum absolute atomic E-state index is 12.1. The molecule has 0 aliphatic heterocycles. The number of carbonyl (C=O) groups is 1. The van der Waals surface area contributed by atoms with Crippen LogP contribution in [0.25, 0.3) is 0 Å². The number of carbonyl (C=O) groups excluding carboxylic acids is 1. The first-order valence-electron chi connectivity index (χ1n) is 6.46. The summed E-state index contributed by atoms with van der Waals surface area (Å²) in [5, 5.41) is 7.92. The topological polar surface area (TPSA) is 72.7 Å². The van der Waals surface area contributed by atoms with E-state index in [0.717, 1.165) is 5.01 Å². The van der Waals surface area contributed by atoms with Crippen molar-refractivity contribution in [3.8, 4) is 0 Å². The van der Waals surface area contributed by atoms with Gasteiger partial charge in [0.1, 0.15) is 17.5 Å². The van der Waals surface area contributed by atoms with Crippen molar-refractivity contribution in [1.29, 1.82) is 0 Å². The van der Waals surface area contributed by atoms with Gasteiger partial charge in [-0.05, 0) is 6.92 Å². The van der Waals surface area contributed by atoms with Gasteiger partial charge in [0.2, 0.25) is 0 Å². The lowest BCUT2D eigenvalue weighted by Crippen LogP contribution is -2.35. The molecular weight excluding hydrogens is 274 g/mol. The van der Waals surface area contributed by atoms with Crippen molar-refractivity contribution >= 4 is 17.2 Å². The normalized spacial score (nSPS) is 13.2. The van der Waals surface area contributed by atoms with Crippen LogP contribution in [0.5, 0.6) is 0 Å². The molecule has 0 bridgehead atoms. The maximum Gasteiger partial charge on any atom is 0.263 e. The standard InChI is InChI=1S/C13H19N5OS/c1-9(6-18-8-14-7-16-18)17-11(19)10-5-15-12(20-10)13(2,3)4/h5,7-9H,6H2,1-4H3,(H,17,19). The second-order valence-electron chi connectivity index (χ2n) is 5.77. The van der Waals surface area contributed by atoms with Crippen molar-refractivity contribution in [1.82, 2.24) is 25.1 Å². The van der Waals surface area contributed by atoms with Crippen molar-refractivity contribution in [3.05, 3.63) is 28.7 Å². The van der Waals surface area contributed by atoms with Crippen LogP contribution in [-0.4, -0.2) is 31.7 Å². The van der Waals surface area contributed by atoms with Gasteiger partial charge in [-0.25, -0.2) is 9.97 Å². The molecule has 1 unspecified atom stereocenters. The fourth-order valence-corrected chi connectivity index (χ4v) is 2.55. The molecule has 1 N–H and O–H groups in total. The highest BCUT2D eigenvalue weighted by atomic mass is 32.1. The van der Waals surface area contributed by atoms with E-state index >= 15 is 0 Å². The summed E-state index contributed by atoms with van der Waals surface area (Å²) in [6.45, 7) is 8.78. The molecule has 1 atom stereocenters. The van der Waals surface area contributed by atoms with Crippen molar-refractivity contribution < 1.29 is 4.79 Å². The Labute approximate surface area is 122 Å². The van der Waals surface area contributed by atoms with Gasteiger partial charge in [-0.1, -0.05) is 20.8 Å². The van der Waals surface area contributed by atoms with Crippen LogP contribution in [-0.2, 0) is 12.0 Å². The summed E-state index contributed by atoms with van der Waals surface area (Å²) in [5.74, 6) is -0.0920. The van der Waals surface area contributed by atoms with Crippen LogP contribution in [0.1, 0.15) is 42.4 Å². The van der Waals surface area contributed by atoms with E-state index in [1.165, 1.54) is 17.7 Å². The molecule has 0 aromatic carbocycles. The largest absolute Gasteiger partial charge is 0.347 e. The first kappa shape index (κ1) is 14.6. The molecule has 2 rings (SSSR count). The number of hydrogen-bond donors (Lipinski definition) is 1. The Bertz CT molecular complexity index is 570. The highest BCUT2D eigenvalue weighted by molar-refractivity contribution is 7.13. The molecule has 7 heteroatoms. The van der Waals surface area contributed by atoms with Gasteiger partial charge in [0, 0.05) is 11.5 Å². The molecule has 1 amide bonds. The van der Waals surface area contributed by atoms with E-state index in [4.69, 9.17) is 0 Å². The molecule has 6 nitrogen and oxygen atoms in total. The zero-order valence-electron chi connectivity index (χ0n) is 12.1. The summed E-state index contributed by atoms with van der Waals surface area (Å²) in [4.78, 5) is 21.0. The molecule has 2 aromatic heterocycles. The highest BCUT2D eigenvalue weighted by Gasteiger charge is 2.21. The lowest BCUT2D eigenvalue weighted by Gasteiger charge is -2.14. The van der Waals surface area contributed by atoms with E-state index in [1.54, 1.807) is 17.2 Å². The number of hydrogen-bond acceptors (Lipinski definition) is 5. The van der Waals surface area contributed by atoms with E-state index in [1.807, 2.05) is 6.92 Å². The molecular formula is C13H19N5OS. The third kappa shape index (κ3) is 3.63. The zero-order valence-corrected chi connectivity index (χ0v) is 12.9. The molecule has 20 heavy (non-hydrogen) atoms. The molecule has 0 saturated carbocycles. The van der Waals surface area contributed by atoms with Gasteiger partial charge in [-0.15, -0.1) is 11.3 Å². The summed E-state index contributed by atoms with van der Waals surface area (Å²) in [6.07, 6.45) is 4.75. The molecule has 0 aliphatic carbocycles. The fourth-order valence-electron chi connectivity index (χ4n) is 1.67. The Morgan fingerprint density at radius 3 is 2.80 bits per heavy atom. The number of thiazole rings is 1. The van der Waals surface area contributed by atoms with E-state index in [0.29, 0.717) is 11.4 Å². The Hall–Kier alpha value is -1.76. The van der Waals surface area contributed by atoms with Gasteiger partial charge in [-0.3, -0.25) is 9.48 Å². The number of aromatic nitrogens is 4. The number of nitrogens with zero attached hydrogens (tertiary/aromatic N) is 4. The van der Waals surface area contributed by atoms with Crippen molar-refractivity contribution in [2.75, 3.05) is 0 Å². The van der Waals surface area contributed by atoms with Crippen LogP contribution in [0.15, 0.2) is 18.9 Å². The van der Waals surface area contributed by atoms with Crippen LogP contribution in [0.2, 0.25) is 0 Å². The third-order valence-corrected chi connectivity index (χ3v) is 4.10. The Balaban J connectivity index is 1.96. The molecule has 0 fully saturated rings. The van der Waals surface area contributed by atoms with E-state index < -0.39 is 0 Å². The Morgan fingerprint density at radius 2 is 2.25 bits per heavy atom. The van der Waals surface area contributed by atoms with Gasteiger partial charge >= 0.3 is 0 Å². The zero-order chi connectivity index (χ0) is 14.8. The highest BCUT2D eigenvalue weighted by Crippen LogP contribution is 2.26. The van der Waals surface area contributed by atoms with Crippen LogP contribution in [0, 0.1) is 0 Å². The van der Waals surface area contributed by atoms with Crippen LogP contribution in [0.3, 0.4) is 0 Å². The van der Waals surface area contributed by atoms with Gasteiger partial charge in [0.05, 0.1) is 17.7 Å². The predicted octanol–water partition coefficient (Wildman–Crippen LogP) is 1.85. The molecule has 0 radical (unpaired) electrons. The quantitative estimate of drug-likeness (QED) is 0.933. The first-order valence-corrected chi connectivity index (χ1v) is 7.27. The Morgan fingerprint density at radius 1 is 1.50 bits per heavy atom. The first-order chi connectivity index (χ1) is 9.36. The molecule has 0 saturated heterocycles. The van der Waals surface area contributed by atoms with Gasteiger partial charge in [0.15, 0.2) is 0 Å². The number of nitrogens with one attached hydrogen (secondary N) is 1. The summed E-state index contributed by atoms with van der Waals surface area (Å²) in [6, 6.07) is -0.0237. The SMILES string of the molecule is CC(Cn1cncn1)NC(=O)c1cnc(C(C)(C)C)s1. The summed E-state index contributed by atoms with van der Waals surface area (Å²) < 4.78 is 1.69. The summed E-state index contributed by atoms with van der Waals surface area (Å²) in [7, 11) is 0. The molecule has 0 aliphatic rings. The number of rotatable bonds is 4. The molecule has 2 aromatic rings. The molecule has 2 heterocycles. The second kappa shape index (κ2) is 5.70. The summed E-state index contributed by atoms with van der Waals surface area (Å²) >= 11 is 1.44. The van der Waals surface area contributed by atoms with Gasteiger partial charge in [0.25, 0.3) is 5.91 Å². The molecule has 0 spiro atoms. The van der Waals surface area contributed by atoms with Crippen molar-refractivity contribution in [2.24, 2.45) is 0 Å². The number of amides is 1. The smallest absolute Gasteiger partial charge is 0.263 e. The minimum Gasteiger partial charge on any atom is -0.347 e. The Kier molecular flexibility index (Phi) is 4.17. The minimum atomic E-state index is -0.0920. The minimum absolute atomic E-state index is 0.0237. The van der Waals surface area contributed by atoms with E-state index in [-0.39, 0.29) is 17.4 Å². The van der Waals surface area contributed by atoms with Crippen molar-refractivity contribution in [2.45, 2.75) is 45.7 Å². The predicted molar refractivity (Wildman–Crippen MR) is 77.8 cm³/mol. The second-order valence-corrected chi connectivity index (χ2v) is 6.80. The average Bonchev–Trinajstić information content (AvgIpc) is 2.97. The molecule has 108 valence electrons. The van der Waals surface area contributed by atoms with E-state index in [2.05, 4.69) is 41.2 Å². The third-order valence-electron chi connectivity index (χ3n) is 2.68. The van der Waals surface area contributed by atoms with Crippen LogP contribution < -0.4 is 5.32 Å². The lowest BCUT2D eigenvalue weighted by atomic mass is 9.98. The monoisotopic (exact) mass is 293 g/mol. The van der Waals surface area contributed by atoms with Crippen LogP contribution >= 0.6 is 11.3 Å². The average molecular weight is 293 g/mol. The van der Waals surface area contributed by atoms with Crippen LogP contribution in [0.4, 0.5) is 0 Å². The van der Waals surface area contributed by atoms with E-state index in [9.17, 15) is 4.79 Å². The fraction of sp³-hybridized carbons (Fsp3) is 0.538. The lowest BCUT2D eigenvalue weighted by molar-refractivity contribution is 0.0940. The summed E-state index contributed by atoms with van der Waals surface area (Å²) in [5.41, 5.74) is -0.0322. The maximum atomic E-state index is 12.1. The van der Waals surface area contributed by atoms with Gasteiger partial charge < -0.3 is 5.32 Å².